The van der Waals surface area contributed by atoms with Crippen molar-refractivity contribution in [3.8, 4) is 16.9 Å². The van der Waals surface area contributed by atoms with Gasteiger partial charge in [0.25, 0.3) is 0 Å². The van der Waals surface area contributed by atoms with Crippen molar-refractivity contribution in [1.29, 1.82) is 0 Å². The summed E-state index contributed by atoms with van der Waals surface area (Å²) in [5.74, 6) is -0.0814. The molecule has 0 aliphatic rings. The number of rotatable bonds is 5. The zero-order valence-electron chi connectivity index (χ0n) is 16.1. The molecule has 0 radical (unpaired) electrons. The summed E-state index contributed by atoms with van der Waals surface area (Å²) in [6, 6.07) is 27.9. The van der Waals surface area contributed by atoms with E-state index in [9.17, 15) is 4.79 Å². The molecule has 6 heteroatoms. The molecule has 1 amide bonds. The Morgan fingerprint density at radius 2 is 1.67 bits per heavy atom. The van der Waals surface area contributed by atoms with Crippen LogP contribution < -0.4 is 5.32 Å². The molecule has 1 N–H and O–H groups in total. The zero-order valence-corrected chi connectivity index (χ0v) is 16.1. The summed E-state index contributed by atoms with van der Waals surface area (Å²) in [7, 11) is 0. The number of carbonyl (C=O) groups excluding carboxylic acids is 1. The molecule has 2 heterocycles. The van der Waals surface area contributed by atoms with Crippen LogP contribution in [0.4, 0.5) is 5.69 Å². The van der Waals surface area contributed by atoms with E-state index in [4.69, 9.17) is 0 Å². The van der Waals surface area contributed by atoms with E-state index in [1.54, 1.807) is 11.0 Å². The fourth-order valence-corrected chi connectivity index (χ4v) is 3.61. The van der Waals surface area contributed by atoms with E-state index < -0.39 is 0 Å². The fourth-order valence-electron chi connectivity index (χ4n) is 3.61. The monoisotopic (exact) mass is 393 g/mol. The predicted molar refractivity (Wildman–Crippen MR) is 117 cm³/mol. The second-order valence-corrected chi connectivity index (χ2v) is 6.98. The Morgan fingerprint density at radius 1 is 0.900 bits per heavy atom. The molecule has 0 atom stereocenters. The van der Waals surface area contributed by atoms with Gasteiger partial charge in [-0.25, -0.2) is 9.67 Å². The van der Waals surface area contributed by atoms with Crippen LogP contribution in [0.25, 0.3) is 27.8 Å². The molecule has 6 nitrogen and oxygen atoms in total. The summed E-state index contributed by atoms with van der Waals surface area (Å²) >= 11 is 0. The van der Waals surface area contributed by atoms with Crippen LogP contribution in [0.1, 0.15) is 0 Å². The Hall–Kier alpha value is -4.19. The normalized spacial score (nSPS) is 10.9. The van der Waals surface area contributed by atoms with Gasteiger partial charge in [0.05, 0.1) is 5.69 Å². The molecular formula is C24H19N5O. The van der Waals surface area contributed by atoms with Gasteiger partial charge in [0.15, 0.2) is 0 Å². The number of hydrogen-bond donors (Lipinski definition) is 1. The van der Waals surface area contributed by atoms with E-state index in [0.717, 1.165) is 33.5 Å². The van der Waals surface area contributed by atoms with Crippen molar-refractivity contribution < 1.29 is 4.79 Å². The first-order valence-corrected chi connectivity index (χ1v) is 9.66. The average molecular weight is 393 g/mol. The number of carbonyl (C=O) groups is 1. The summed E-state index contributed by atoms with van der Waals surface area (Å²) < 4.78 is 3.73. The summed E-state index contributed by atoms with van der Waals surface area (Å²) in [5.41, 5.74) is 4.76. The van der Waals surface area contributed by atoms with E-state index in [0.29, 0.717) is 0 Å². The summed E-state index contributed by atoms with van der Waals surface area (Å²) in [6.45, 7) is 0.225. The minimum Gasteiger partial charge on any atom is -0.331 e. The highest BCUT2D eigenvalue weighted by Crippen LogP contribution is 2.28. The Morgan fingerprint density at radius 3 is 2.43 bits per heavy atom. The van der Waals surface area contributed by atoms with E-state index in [-0.39, 0.29) is 12.5 Å². The smallest absolute Gasteiger partial charge is 0.244 e. The predicted octanol–water partition coefficient (Wildman–Crippen LogP) is 4.53. The quantitative estimate of drug-likeness (QED) is 0.477. The molecule has 3 aromatic carbocycles. The molecule has 0 aliphatic carbocycles. The zero-order chi connectivity index (χ0) is 20.3. The number of fused-ring (bicyclic) bond motifs is 1. The van der Waals surface area contributed by atoms with E-state index in [2.05, 4.69) is 44.2 Å². The van der Waals surface area contributed by atoms with Crippen molar-refractivity contribution in [2.75, 3.05) is 5.32 Å². The third-order valence-corrected chi connectivity index (χ3v) is 5.02. The third kappa shape index (κ3) is 3.46. The van der Waals surface area contributed by atoms with Crippen molar-refractivity contribution in [3.63, 3.8) is 0 Å². The largest absolute Gasteiger partial charge is 0.331 e. The molecule has 0 saturated heterocycles. The van der Waals surface area contributed by atoms with E-state index in [1.807, 2.05) is 60.7 Å². The number of benzene rings is 3. The van der Waals surface area contributed by atoms with Gasteiger partial charge in [0, 0.05) is 22.3 Å². The van der Waals surface area contributed by atoms with Crippen LogP contribution in [0.15, 0.2) is 97.6 Å². The Balaban J connectivity index is 1.41. The lowest BCUT2D eigenvalue weighted by atomic mass is 10.1. The van der Waals surface area contributed by atoms with Crippen molar-refractivity contribution >= 4 is 22.5 Å². The van der Waals surface area contributed by atoms with Crippen molar-refractivity contribution in [3.05, 3.63) is 97.6 Å². The number of hydrogen-bond acceptors (Lipinski definition) is 3. The molecule has 5 aromatic rings. The minimum atomic E-state index is -0.0814. The van der Waals surface area contributed by atoms with Crippen molar-refractivity contribution in [1.82, 2.24) is 19.3 Å². The van der Waals surface area contributed by atoms with Gasteiger partial charge in [-0.15, -0.1) is 0 Å². The molecule has 146 valence electrons. The second-order valence-electron chi connectivity index (χ2n) is 6.98. The first-order valence-electron chi connectivity index (χ1n) is 9.66. The molecule has 2 aromatic heterocycles. The standard InChI is InChI=1S/C24H19N5O/c30-24(27-20-10-12-21(13-11-20)29-17-25-16-26-29)15-28-22-9-5-4-8-19(22)14-23(28)18-6-2-1-3-7-18/h1-14,16-17H,15H2,(H,27,30). The van der Waals surface area contributed by atoms with Gasteiger partial charge in [-0.1, -0.05) is 48.5 Å². The maximum absolute atomic E-state index is 12.9. The first-order chi connectivity index (χ1) is 14.8. The number of nitrogens with zero attached hydrogens (tertiary/aromatic N) is 4. The molecule has 5 rings (SSSR count). The number of anilines is 1. The molecule has 30 heavy (non-hydrogen) atoms. The highest BCUT2D eigenvalue weighted by molar-refractivity contribution is 5.94. The van der Waals surface area contributed by atoms with Crippen LogP contribution in [0.3, 0.4) is 0 Å². The van der Waals surface area contributed by atoms with Crippen LogP contribution in [0.2, 0.25) is 0 Å². The maximum atomic E-state index is 12.9. The van der Waals surface area contributed by atoms with Crippen LogP contribution in [-0.2, 0) is 11.3 Å². The molecule has 0 spiro atoms. The highest BCUT2D eigenvalue weighted by atomic mass is 16.1. The van der Waals surface area contributed by atoms with Gasteiger partial charge in [0.1, 0.15) is 19.2 Å². The number of nitrogens with one attached hydrogen (secondary N) is 1. The SMILES string of the molecule is O=C(Cn1c(-c2ccccc2)cc2ccccc21)Nc1ccc(-n2cncn2)cc1. The fraction of sp³-hybridized carbons (Fsp3) is 0.0417. The van der Waals surface area contributed by atoms with Crippen LogP contribution in [0.5, 0.6) is 0 Å². The van der Waals surface area contributed by atoms with Gasteiger partial charge in [-0.2, -0.15) is 5.10 Å². The topological polar surface area (TPSA) is 64.7 Å². The summed E-state index contributed by atoms with van der Waals surface area (Å²) in [5, 5.41) is 8.21. The molecule has 0 bridgehead atoms. The lowest BCUT2D eigenvalue weighted by Gasteiger charge is -2.12. The highest BCUT2D eigenvalue weighted by Gasteiger charge is 2.13. The number of aromatic nitrogens is 4. The number of para-hydroxylation sites is 1. The van der Waals surface area contributed by atoms with Crippen molar-refractivity contribution in [2.24, 2.45) is 0 Å². The van der Waals surface area contributed by atoms with Gasteiger partial charge in [-0.05, 0) is 42.0 Å². The van der Waals surface area contributed by atoms with E-state index in [1.165, 1.54) is 6.33 Å². The van der Waals surface area contributed by atoms with Gasteiger partial charge < -0.3 is 9.88 Å². The lowest BCUT2D eigenvalue weighted by molar-refractivity contribution is -0.116. The lowest BCUT2D eigenvalue weighted by Crippen LogP contribution is -2.19. The minimum absolute atomic E-state index is 0.0814. The molecular weight excluding hydrogens is 374 g/mol. The molecule has 0 saturated carbocycles. The summed E-state index contributed by atoms with van der Waals surface area (Å²) in [4.78, 5) is 16.8. The third-order valence-electron chi connectivity index (χ3n) is 5.02. The average Bonchev–Trinajstić information content (AvgIpc) is 3.44. The van der Waals surface area contributed by atoms with Gasteiger partial charge in [0.2, 0.25) is 5.91 Å². The van der Waals surface area contributed by atoms with Crippen molar-refractivity contribution in [2.45, 2.75) is 6.54 Å². The first kappa shape index (κ1) is 17.9. The Bertz CT molecular complexity index is 1290. The van der Waals surface area contributed by atoms with Gasteiger partial charge >= 0.3 is 0 Å². The maximum Gasteiger partial charge on any atom is 0.244 e. The van der Waals surface area contributed by atoms with E-state index >= 15 is 0 Å². The second kappa shape index (κ2) is 7.67. The van der Waals surface area contributed by atoms with Crippen LogP contribution >= 0.6 is 0 Å². The molecule has 0 fully saturated rings. The molecule has 0 aliphatic heterocycles. The van der Waals surface area contributed by atoms with Gasteiger partial charge in [-0.3, -0.25) is 4.79 Å². The Labute approximate surface area is 173 Å². The number of amides is 1. The molecule has 0 unspecified atom stereocenters. The Kier molecular flexibility index (Phi) is 4.57. The summed E-state index contributed by atoms with van der Waals surface area (Å²) in [6.07, 6.45) is 3.12. The van der Waals surface area contributed by atoms with Crippen LogP contribution in [0, 0.1) is 0 Å². The van der Waals surface area contributed by atoms with Crippen LogP contribution in [-0.4, -0.2) is 25.2 Å².